The maximum absolute atomic E-state index is 13.6. The normalized spacial score (nSPS) is 17.6. The molecule has 4 rings (SSSR count). The molecule has 0 bridgehead atoms. The van der Waals surface area contributed by atoms with Crippen molar-refractivity contribution in [2.24, 2.45) is 0 Å². The van der Waals surface area contributed by atoms with Crippen LogP contribution < -0.4 is 5.48 Å². The van der Waals surface area contributed by atoms with Crippen LogP contribution in [-0.2, 0) is 15.6 Å². The summed E-state index contributed by atoms with van der Waals surface area (Å²) in [5.74, 6) is -0.560. The van der Waals surface area contributed by atoms with Gasteiger partial charge in [-0.15, -0.1) is 0 Å². The van der Waals surface area contributed by atoms with Gasteiger partial charge in [-0.3, -0.25) is 14.2 Å². The number of likely N-dealkylation sites (tertiary alicyclic amines) is 1. The van der Waals surface area contributed by atoms with E-state index in [-0.39, 0.29) is 0 Å². The van der Waals surface area contributed by atoms with E-state index in [1.54, 1.807) is 5.48 Å². The molecule has 2 unspecified atom stereocenters. The molecule has 2 atom stereocenters. The third-order valence-corrected chi connectivity index (χ3v) is 9.09. The molecule has 1 aliphatic heterocycles. The molecular formula is C28H32N2O3S. The molecule has 0 radical (unpaired) electrons. The summed E-state index contributed by atoms with van der Waals surface area (Å²) in [5, 5.41) is 9.42. The number of nitrogens with zero attached hydrogens (tertiary/aromatic N) is 1. The molecule has 1 heterocycles. The van der Waals surface area contributed by atoms with Crippen molar-refractivity contribution in [1.29, 1.82) is 0 Å². The Morgan fingerprint density at radius 3 is 1.85 bits per heavy atom. The van der Waals surface area contributed by atoms with Gasteiger partial charge in [0.15, 0.2) is 0 Å². The number of benzene rings is 3. The molecule has 0 aliphatic carbocycles. The summed E-state index contributed by atoms with van der Waals surface area (Å²) in [6, 6.07) is 26.6. The molecule has 1 fully saturated rings. The van der Waals surface area contributed by atoms with Crippen LogP contribution in [0.3, 0.4) is 0 Å². The molecule has 5 nitrogen and oxygen atoms in total. The van der Waals surface area contributed by atoms with Gasteiger partial charge in [0, 0.05) is 24.0 Å². The fourth-order valence-corrected chi connectivity index (χ4v) is 6.27. The summed E-state index contributed by atoms with van der Waals surface area (Å²) in [7, 11) is -1.58. The highest BCUT2D eigenvalue weighted by Gasteiger charge is 2.47. The van der Waals surface area contributed by atoms with E-state index in [0.29, 0.717) is 36.9 Å². The SMILES string of the molecule is CCC(C)N1CCC(C(=O)NO)(S(=O)c2ccc(-c3ccc(-c4ccccc4)cc3)cc2)CC1. The highest BCUT2D eigenvalue weighted by atomic mass is 32.2. The lowest BCUT2D eigenvalue weighted by molar-refractivity contribution is -0.133. The Bertz CT molecular complexity index is 1120. The van der Waals surface area contributed by atoms with E-state index >= 15 is 0 Å². The van der Waals surface area contributed by atoms with Gasteiger partial charge in [0.05, 0.1) is 10.8 Å². The van der Waals surface area contributed by atoms with Gasteiger partial charge in [0.1, 0.15) is 4.75 Å². The molecule has 3 aromatic rings. The number of carbonyl (C=O) groups excluding carboxylic acids is 1. The van der Waals surface area contributed by atoms with Crippen molar-refractivity contribution in [3.05, 3.63) is 78.9 Å². The Hall–Kier alpha value is -2.80. The lowest BCUT2D eigenvalue weighted by atomic mass is 9.93. The Morgan fingerprint density at radius 1 is 0.912 bits per heavy atom. The molecule has 34 heavy (non-hydrogen) atoms. The minimum absolute atomic E-state index is 0.413. The number of amides is 1. The van der Waals surface area contributed by atoms with Crippen LogP contribution in [0.4, 0.5) is 0 Å². The van der Waals surface area contributed by atoms with Gasteiger partial charge >= 0.3 is 0 Å². The first-order valence-electron chi connectivity index (χ1n) is 11.8. The van der Waals surface area contributed by atoms with E-state index in [2.05, 4.69) is 55.1 Å². The summed E-state index contributed by atoms with van der Waals surface area (Å²) in [5.41, 5.74) is 6.21. The van der Waals surface area contributed by atoms with Crippen molar-refractivity contribution in [2.75, 3.05) is 13.1 Å². The second-order valence-corrected chi connectivity index (χ2v) is 10.8. The molecule has 0 aromatic heterocycles. The first-order chi connectivity index (χ1) is 16.5. The Balaban J connectivity index is 1.53. The topological polar surface area (TPSA) is 69.6 Å². The minimum atomic E-state index is -1.58. The van der Waals surface area contributed by atoms with Crippen LogP contribution in [-0.4, -0.2) is 44.1 Å². The van der Waals surface area contributed by atoms with Gasteiger partial charge in [0.25, 0.3) is 5.91 Å². The molecular weight excluding hydrogens is 444 g/mol. The fourth-order valence-electron chi connectivity index (χ4n) is 4.67. The van der Waals surface area contributed by atoms with E-state index < -0.39 is 21.5 Å². The van der Waals surface area contributed by atoms with Crippen molar-refractivity contribution in [3.63, 3.8) is 0 Å². The first kappa shape index (κ1) is 24.3. The summed E-state index contributed by atoms with van der Waals surface area (Å²) in [6.45, 7) is 5.67. The lowest BCUT2D eigenvalue weighted by Gasteiger charge is -2.41. The average molecular weight is 477 g/mol. The number of rotatable bonds is 7. The van der Waals surface area contributed by atoms with Gasteiger partial charge in [0.2, 0.25) is 0 Å². The van der Waals surface area contributed by atoms with E-state index in [1.807, 2.05) is 42.5 Å². The maximum Gasteiger partial charge on any atom is 0.262 e. The molecule has 0 saturated carbocycles. The maximum atomic E-state index is 13.6. The number of hydrogen-bond donors (Lipinski definition) is 2. The third kappa shape index (κ3) is 4.85. The number of carbonyl (C=O) groups is 1. The van der Waals surface area contributed by atoms with Crippen molar-refractivity contribution in [2.45, 2.75) is 48.8 Å². The van der Waals surface area contributed by atoms with Crippen molar-refractivity contribution >= 4 is 16.7 Å². The zero-order valence-electron chi connectivity index (χ0n) is 19.7. The summed E-state index contributed by atoms with van der Waals surface area (Å²) < 4.78 is 12.5. The number of piperidine rings is 1. The van der Waals surface area contributed by atoms with E-state index in [0.717, 1.165) is 23.1 Å². The van der Waals surface area contributed by atoms with Gasteiger partial charge in [-0.1, -0.05) is 73.7 Å². The summed E-state index contributed by atoms with van der Waals surface area (Å²) in [4.78, 5) is 15.6. The predicted molar refractivity (Wildman–Crippen MR) is 137 cm³/mol. The smallest absolute Gasteiger partial charge is 0.262 e. The highest BCUT2D eigenvalue weighted by molar-refractivity contribution is 7.87. The quantitative estimate of drug-likeness (QED) is 0.360. The van der Waals surface area contributed by atoms with Crippen LogP contribution in [0.5, 0.6) is 0 Å². The Kier molecular flexibility index (Phi) is 7.61. The number of nitrogens with one attached hydrogen (secondary N) is 1. The summed E-state index contributed by atoms with van der Waals surface area (Å²) >= 11 is 0. The molecule has 3 aromatic carbocycles. The zero-order chi connectivity index (χ0) is 24.1. The highest BCUT2D eigenvalue weighted by Crippen LogP contribution is 2.35. The zero-order valence-corrected chi connectivity index (χ0v) is 20.6. The van der Waals surface area contributed by atoms with Crippen molar-refractivity contribution < 1.29 is 14.2 Å². The van der Waals surface area contributed by atoms with Gasteiger partial charge in [-0.05, 0) is 60.6 Å². The van der Waals surface area contributed by atoms with E-state index in [4.69, 9.17) is 0 Å². The standard InChI is InChI=1S/C28H32N2O3S/c1-3-21(2)30-19-17-28(18-20-30,27(31)29-32)34(33)26-15-13-25(14-16-26)24-11-9-23(10-12-24)22-7-5-4-6-8-22/h4-16,21,32H,3,17-20H2,1-2H3,(H,29,31). The monoisotopic (exact) mass is 476 g/mol. The second kappa shape index (κ2) is 10.6. The van der Waals surface area contributed by atoms with Crippen molar-refractivity contribution in [1.82, 2.24) is 10.4 Å². The summed E-state index contributed by atoms with van der Waals surface area (Å²) in [6.07, 6.45) is 1.91. The molecule has 1 aliphatic rings. The second-order valence-electron chi connectivity index (χ2n) is 8.96. The average Bonchev–Trinajstić information content (AvgIpc) is 2.92. The van der Waals surface area contributed by atoms with Crippen LogP contribution in [0, 0.1) is 0 Å². The lowest BCUT2D eigenvalue weighted by Crippen LogP contribution is -2.56. The van der Waals surface area contributed by atoms with Gasteiger partial charge in [-0.25, -0.2) is 5.48 Å². The van der Waals surface area contributed by atoms with E-state index in [9.17, 15) is 14.2 Å². The van der Waals surface area contributed by atoms with Gasteiger partial charge in [-0.2, -0.15) is 0 Å². The molecule has 1 saturated heterocycles. The van der Waals surface area contributed by atoms with Crippen molar-refractivity contribution in [3.8, 4) is 22.3 Å². The molecule has 6 heteroatoms. The molecule has 1 amide bonds. The van der Waals surface area contributed by atoms with E-state index in [1.165, 1.54) is 5.56 Å². The first-order valence-corrected chi connectivity index (χ1v) is 13.0. The molecule has 2 N–H and O–H groups in total. The Morgan fingerprint density at radius 2 is 1.38 bits per heavy atom. The van der Waals surface area contributed by atoms with Crippen LogP contribution in [0.1, 0.15) is 33.1 Å². The molecule has 178 valence electrons. The fraction of sp³-hybridized carbons (Fsp3) is 0.321. The van der Waals surface area contributed by atoms with Crippen LogP contribution in [0.15, 0.2) is 83.8 Å². The molecule has 0 spiro atoms. The number of hydrogen-bond acceptors (Lipinski definition) is 4. The largest absolute Gasteiger partial charge is 0.301 e. The van der Waals surface area contributed by atoms with Crippen LogP contribution in [0.2, 0.25) is 0 Å². The number of hydroxylamine groups is 1. The van der Waals surface area contributed by atoms with Gasteiger partial charge < -0.3 is 4.90 Å². The third-order valence-electron chi connectivity index (χ3n) is 7.08. The van der Waals surface area contributed by atoms with Crippen LogP contribution in [0.25, 0.3) is 22.3 Å². The minimum Gasteiger partial charge on any atom is -0.301 e. The Labute approximate surface area is 204 Å². The van der Waals surface area contributed by atoms with Crippen LogP contribution >= 0.6 is 0 Å². The predicted octanol–water partition coefficient (Wildman–Crippen LogP) is 5.27.